The Morgan fingerprint density at radius 1 is 1.10 bits per heavy atom. The second-order valence-electron chi connectivity index (χ2n) is 8.00. The number of ether oxygens (including phenoxy) is 2. The van der Waals surface area contributed by atoms with Crippen molar-refractivity contribution in [2.24, 2.45) is 5.10 Å². The van der Waals surface area contributed by atoms with Crippen LogP contribution < -0.4 is 15.1 Å². The fourth-order valence-electron chi connectivity index (χ4n) is 3.75. The molecule has 2 aliphatic rings. The summed E-state index contributed by atoms with van der Waals surface area (Å²) in [5.41, 5.74) is 4.68. The van der Waals surface area contributed by atoms with Crippen LogP contribution in [0.1, 0.15) is 36.3 Å². The van der Waals surface area contributed by atoms with E-state index in [0.717, 1.165) is 49.9 Å². The highest BCUT2D eigenvalue weighted by molar-refractivity contribution is 5.79. The molecule has 0 saturated carbocycles. The molecule has 0 radical (unpaired) electrons. The Hall–Kier alpha value is -2.65. The van der Waals surface area contributed by atoms with Crippen LogP contribution in [0.4, 0.5) is 11.7 Å². The van der Waals surface area contributed by atoms with E-state index in [1.165, 1.54) is 19.3 Å². The van der Waals surface area contributed by atoms with Crippen LogP contribution in [0.3, 0.4) is 0 Å². The van der Waals surface area contributed by atoms with Crippen LogP contribution >= 0.6 is 0 Å². The molecule has 2 aliphatic heterocycles. The van der Waals surface area contributed by atoms with Gasteiger partial charge in [-0.25, -0.2) is 5.43 Å². The van der Waals surface area contributed by atoms with Gasteiger partial charge in [-0.05, 0) is 45.3 Å². The average Bonchev–Trinajstić information content (AvgIpc) is 3.12. The van der Waals surface area contributed by atoms with E-state index in [1.54, 1.807) is 6.21 Å². The summed E-state index contributed by atoms with van der Waals surface area (Å²) in [7, 11) is 0. The maximum absolute atomic E-state index is 5.94. The zero-order chi connectivity index (χ0) is 21.5. The van der Waals surface area contributed by atoms with Gasteiger partial charge in [0, 0.05) is 31.8 Å². The lowest BCUT2D eigenvalue weighted by Crippen LogP contribution is -2.37. The topological polar surface area (TPSA) is 88.3 Å². The molecule has 0 bridgehead atoms. The van der Waals surface area contributed by atoms with E-state index in [1.807, 2.05) is 26.0 Å². The van der Waals surface area contributed by atoms with E-state index in [0.29, 0.717) is 37.4 Å². The lowest BCUT2D eigenvalue weighted by atomic mass is 10.1. The molecule has 0 atom stereocenters. The Balaban J connectivity index is 1.43. The predicted octanol–water partition coefficient (Wildman–Crippen LogP) is 2.83. The zero-order valence-corrected chi connectivity index (χ0v) is 18.5. The number of hydrazone groups is 1. The number of aromatic nitrogens is 2. The van der Waals surface area contributed by atoms with Crippen LogP contribution in [0.15, 0.2) is 21.7 Å². The second-order valence-corrected chi connectivity index (χ2v) is 8.00. The van der Waals surface area contributed by atoms with Crippen molar-refractivity contribution in [3.8, 4) is 6.01 Å². The molecule has 9 nitrogen and oxygen atoms in total. The lowest BCUT2D eigenvalue weighted by molar-refractivity contribution is 0.122. The minimum Gasteiger partial charge on any atom is -0.462 e. The van der Waals surface area contributed by atoms with Crippen LogP contribution in [0.25, 0.3) is 0 Å². The number of anilines is 2. The van der Waals surface area contributed by atoms with Gasteiger partial charge in [-0.3, -0.25) is 4.90 Å². The number of furan rings is 1. The van der Waals surface area contributed by atoms with Gasteiger partial charge in [-0.2, -0.15) is 15.1 Å². The summed E-state index contributed by atoms with van der Waals surface area (Å²) in [6.07, 6.45) is 5.53. The van der Waals surface area contributed by atoms with E-state index in [-0.39, 0.29) is 0 Å². The van der Waals surface area contributed by atoms with E-state index in [9.17, 15) is 0 Å². The first-order valence-corrected chi connectivity index (χ1v) is 11.1. The molecule has 2 aromatic rings. The molecule has 2 fully saturated rings. The van der Waals surface area contributed by atoms with E-state index >= 15 is 0 Å². The molecule has 0 aromatic carbocycles. The summed E-state index contributed by atoms with van der Waals surface area (Å²) in [4.78, 5) is 13.8. The van der Waals surface area contributed by atoms with E-state index in [4.69, 9.17) is 13.9 Å². The summed E-state index contributed by atoms with van der Waals surface area (Å²) < 4.78 is 17.0. The minimum atomic E-state index is 0.382. The molecule has 4 heterocycles. The third kappa shape index (κ3) is 6.18. The molecule has 0 spiro atoms. The largest absolute Gasteiger partial charge is 0.462 e. The van der Waals surface area contributed by atoms with Gasteiger partial charge in [-0.15, -0.1) is 0 Å². The van der Waals surface area contributed by atoms with Crippen LogP contribution in [0.2, 0.25) is 0 Å². The predicted molar refractivity (Wildman–Crippen MR) is 120 cm³/mol. The summed E-state index contributed by atoms with van der Waals surface area (Å²) in [5.74, 6) is 2.31. The molecule has 4 rings (SSSR count). The van der Waals surface area contributed by atoms with Crippen molar-refractivity contribution in [2.75, 3.05) is 62.9 Å². The Morgan fingerprint density at radius 2 is 1.90 bits per heavy atom. The Kier molecular flexibility index (Phi) is 7.37. The fraction of sp³-hybridized carbons (Fsp3) is 0.591. The highest BCUT2D eigenvalue weighted by atomic mass is 16.5. The van der Waals surface area contributed by atoms with Crippen molar-refractivity contribution >= 4 is 17.9 Å². The number of hydrogen-bond donors (Lipinski definition) is 1. The highest BCUT2D eigenvalue weighted by Gasteiger charge is 2.16. The van der Waals surface area contributed by atoms with Crippen LogP contribution in [-0.4, -0.2) is 73.6 Å². The molecule has 9 heteroatoms. The first-order valence-electron chi connectivity index (χ1n) is 11.1. The first-order chi connectivity index (χ1) is 15.2. The molecular weight excluding hydrogens is 396 g/mol. The quantitative estimate of drug-likeness (QED) is 0.507. The number of hydrogen-bond acceptors (Lipinski definition) is 9. The smallest absolute Gasteiger partial charge is 0.319 e. The van der Waals surface area contributed by atoms with Gasteiger partial charge in [-0.1, -0.05) is 6.42 Å². The van der Waals surface area contributed by atoms with E-state index in [2.05, 4.69) is 30.3 Å². The summed E-state index contributed by atoms with van der Waals surface area (Å²) in [6, 6.07) is 4.22. The van der Waals surface area contributed by atoms with Gasteiger partial charge in [0.2, 0.25) is 5.88 Å². The summed E-state index contributed by atoms with van der Waals surface area (Å²) >= 11 is 0. The van der Waals surface area contributed by atoms with Crippen molar-refractivity contribution in [1.29, 1.82) is 0 Å². The summed E-state index contributed by atoms with van der Waals surface area (Å²) in [6.45, 7) is 10.7. The third-order valence-corrected chi connectivity index (χ3v) is 5.67. The molecule has 0 aliphatic carbocycles. The molecule has 0 amide bonds. The number of piperidine rings is 1. The number of rotatable bonds is 8. The van der Waals surface area contributed by atoms with Gasteiger partial charge in [0.25, 0.3) is 0 Å². The maximum Gasteiger partial charge on any atom is 0.319 e. The van der Waals surface area contributed by atoms with Crippen molar-refractivity contribution in [2.45, 2.75) is 33.1 Å². The number of nitrogens with one attached hydrogen (secondary N) is 1. The van der Waals surface area contributed by atoms with Crippen molar-refractivity contribution in [3.63, 3.8) is 0 Å². The van der Waals surface area contributed by atoms with Crippen molar-refractivity contribution in [1.82, 2.24) is 14.9 Å². The maximum atomic E-state index is 5.94. The van der Waals surface area contributed by atoms with Gasteiger partial charge >= 0.3 is 6.01 Å². The van der Waals surface area contributed by atoms with Crippen LogP contribution in [0.5, 0.6) is 6.01 Å². The normalized spacial score (nSPS) is 17.9. The summed E-state index contributed by atoms with van der Waals surface area (Å²) in [5, 5.41) is 4.28. The van der Waals surface area contributed by atoms with Crippen molar-refractivity contribution in [3.05, 3.63) is 29.2 Å². The van der Waals surface area contributed by atoms with Crippen molar-refractivity contribution < 1.29 is 13.9 Å². The zero-order valence-electron chi connectivity index (χ0n) is 18.5. The minimum absolute atomic E-state index is 0.382. The molecule has 2 aromatic heterocycles. The molecule has 2 saturated heterocycles. The van der Waals surface area contributed by atoms with Gasteiger partial charge < -0.3 is 18.8 Å². The number of nitrogens with zero attached hydrogens (tertiary/aromatic N) is 5. The van der Waals surface area contributed by atoms with Gasteiger partial charge in [0.1, 0.15) is 18.2 Å². The third-order valence-electron chi connectivity index (χ3n) is 5.67. The van der Waals surface area contributed by atoms with Gasteiger partial charge in [0.05, 0.1) is 25.1 Å². The number of aryl methyl sites for hydroxylation is 2. The Morgan fingerprint density at radius 3 is 2.65 bits per heavy atom. The second kappa shape index (κ2) is 10.6. The SMILES string of the molecule is Cc1cc(N/N=C/c2cc(N3CCOCC3)nc(OCCN3CCCCC3)n2)oc1C. The Bertz CT molecular complexity index is 853. The van der Waals surface area contributed by atoms with Gasteiger partial charge in [0.15, 0.2) is 0 Å². The molecule has 1 N–H and O–H groups in total. The highest BCUT2D eigenvalue weighted by Crippen LogP contribution is 2.19. The average molecular weight is 429 g/mol. The number of morpholine rings is 1. The number of likely N-dealkylation sites (tertiary alicyclic amines) is 1. The molecule has 0 unspecified atom stereocenters. The van der Waals surface area contributed by atoms with Crippen LogP contribution in [0, 0.1) is 13.8 Å². The fourth-order valence-corrected chi connectivity index (χ4v) is 3.75. The molecular formula is C22H32N6O3. The molecule has 31 heavy (non-hydrogen) atoms. The Labute approximate surface area is 183 Å². The monoisotopic (exact) mass is 428 g/mol. The molecule has 168 valence electrons. The lowest BCUT2D eigenvalue weighted by Gasteiger charge is -2.28. The van der Waals surface area contributed by atoms with Crippen LogP contribution in [-0.2, 0) is 4.74 Å². The standard InChI is InChI=1S/C22H32N6O3/c1-17-14-21(31-18(17)2)26-23-16-19-15-20(28-9-11-29-12-10-28)25-22(24-19)30-13-8-27-6-4-3-5-7-27/h14-16,26H,3-13H2,1-2H3/b23-16+. The first kappa shape index (κ1) is 21.6. The van der Waals surface area contributed by atoms with E-state index < -0.39 is 0 Å².